The van der Waals surface area contributed by atoms with Crippen molar-refractivity contribution in [1.82, 2.24) is 14.3 Å². The van der Waals surface area contributed by atoms with Crippen LogP contribution in [0.3, 0.4) is 0 Å². The van der Waals surface area contributed by atoms with E-state index in [-0.39, 0.29) is 29.6 Å². The Hall–Kier alpha value is -3.50. The molecule has 11 heteroatoms. The minimum atomic E-state index is -1.99. The van der Waals surface area contributed by atoms with Crippen LogP contribution in [0.5, 0.6) is 0 Å². The number of hydrogen-bond acceptors (Lipinski definition) is 7. The van der Waals surface area contributed by atoms with Gasteiger partial charge in [-0.2, -0.15) is 9.36 Å². The zero-order chi connectivity index (χ0) is 19.9. The summed E-state index contributed by atoms with van der Waals surface area (Å²) in [6, 6.07) is 5.02. The molecule has 0 radical (unpaired) electrons. The molecule has 1 unspecified atom stereocenters. The molecule has 0 amide bonds. The average molecular weight is 375 g/mol. The first-order valence-corrected chi connectivity index (χ1v) is 8.21. The second-order valence-corrected chi connectivity index (χ2v) is 6.18. The first kappa shape index (κ1) is 18.3. The van der Waals surface area contributed by atoms with Gasteiger partial charge in [0.2, 0.25) is 0 Å². The van der Waals surface area contributed by atoms with Crippen molar-refractivity contribution in [2.75, 3.05) is 6.61 Å². The molecule has 2 heterocycles. The number of aromatic amines is 1. The zero-order valence-electron chi connectivity index (χ0n) is 14.8. The molecule has 2 aromatic rings. The predicted molar refractivity (Wildman–Crippen MR) is 93.8 cm³/mol. The van der Waals surface area contributed by atoms with Gasteiger partial charge in [-0.25, -0.2) is 19.4 Å². The number of benzene rings is 1. The second-order valence-electron chi connectivity index (χ2n) is 6.18. The summed E-state index contributed by atoms with van der Waals surface area (Å²) in [5, 5.41) is 10.9. The number of carbonyl (C=O) groups excluding carboxylic acids is 1. The molecule has 0 saturated carbocycles. The number of aliphatic imine (C=N–C) groups is 1. The van der Waals surface area contributed by atoms with Crippen molar-refractivity contribution >= 4 is 17.5 Å². The number of hydrogen-bond donors (Lipinski definition) is 1. The molecule has 0 saturated heterocycles. The summed E-state index contributed by atoms with van der Waals surface area (Å²) >= 11 is 0. The molecule has 1 aliphatic rings. The van der Waals surface area contributed by atoms with E-state index in [1.54, 1.807) is 20.8 Å². The lowest BCUT2D eigenvalue weighted by molar-refractivity contribution is -0.384. The lowest BCUT2D eigenvalue weighted by atomic mass is 9.99. The highest BCUT2D eigenvalue weighted by atomic mass is 16.6. The number of nitrogens with zero attached hydrogens (tertiary/aromatic N) is 4. The van der Waals surface area contributed by atoms with Crippen LogP contribution in [0.4, 0.5) is 5.69 Å². The van der Waals surface area contributed by atoms with Crippen LogP contribution in [-0.2, 0) is 15.2 Å². The third kappa shape index (κ3) is 2.58. The standard InChI is InChI=1S/C16H17N5O6/c1-4-27-13(22)16(10-5-7-11(8-6-10)21(25)26)18-12(9(2)3)19-14(23)17-15(24)20(16)19/h5-9H,4H2,1-3H3,(H,17,23,24). The highest BCUT2D eigenvalue weighted by Gasteiger charge is 2.52. The summed E-state index contributed by atoms with van der Waals surface area (Å²) < 4.78 is 7.04. The largest absolute Gasteiger partial charge is 0.462 e. The Morgan fingerprint density at radius 3 is 2.44 bits per heavy atom. The van der Waals surface area contributed by atoms with Crippen LogP contribution in [0.2, 0.25) is 0 Å². The van der Waals surface area contributed by atoms with Gasteiger partial charge in [-0.15, -0.1) is 0 Å². The van der Waals surface area contributed by atoms with Gasteiger partial charge in [0.1, 0.15) is 5.84 Å². The Bertz CT molecular complexity index is 1060. The quantitative estimate of drug-likeness (QED) is 0.456. The van der Waals surface area contributed by atoms with E-state index in [1.165, 1.54) is 24.3 Å². The molecule has 1 aliphatic heterocycles. The SMILES string of the molecule is CCOC(=O)C1(c2ccc([N+](=O)[O-])cc2)N=C(C(C)C)n2c(=O)[nH]c(=O)n21. The normalized spacial score (nSPS) is 18.3. The van der Waals surface area contributed by atoms with Crippen molar-refractivity contribution < 1.29 is 14.5 Å². The number of H-pyrrole nitrogens is 1. The highest BCUT2D eigenvalue weighted by molar-refractivity contribution is 5.94. The van der Waals surface area contributed by atoms with Gasteiger partial charge in [-0.05, 0) is 19.1 Å². The molecule has 27 heavy (non-hydrogen) atoms. The van der Waals surface area contributed by atoms with Crippen LogP contribution in [0.25, 0.3) is 0 Å². The first-order chi connectivity index (χ1) is 12.7. The van der Waals surface area contributed by atoms with Crippen molar-refractivity contribution in [1.29, 1.82) is 0 Å². The minimum Gasteiger partial charge on any atom is -0.462 e. The van der Waals surface area contributed by atoms with Crippen LogP contribution in [0, 0.1) is 16.0 Å². The first-order valence-electron chi connectivity index (χ1n) is 8.21. The summed E-state index contributed by atoms with van der Waals surface area (Å²) in [7, 11) is 0. The topological polar surface area (TPSA) is 142 Å². The molecule has 1 N–H and O–H groups in total. The van der Waals surface area contributed by atoms with E-state index in [4.69, 9.17) is 4.74 Å². The summed E-state index contributed by atoms with van der Waals surface area (Å²) in [4.78, 5) is 54.5. The van der Waals surface area contributed by atoms with Gasteiger partial charge in [0.15, 0.2) is 0 Å². The summed E-state index contributed by atoms with van der Waals surface area (Å²) in [5.74, 6) is -0.965. The molecule has 1 aromatic carbocycles. The number of nitrogens with one attached hydrogen (secondary N) is 1. The van der Waals surface area contributed by atoms with Crippen LogP contribution in [0.15, 0.2) is 38.8 Å². The highest BCUT2D eigenvalue weighted by Crippen LogP contribution is 2.34. The van der Waals surface area contributed by atoms with Gasteiger partial charge in [0, 0.05) is 23.6 Å². The van der Waals surface area contributed by atoms with Crippen molar-refractivity contribution in [2.45, 2.75) is 26.4 Å². The molecular weight excluding hydrogens is 358 g/mol. The lowest BCUT2D eigenvalue weighted by Crippen LogP contribution is -2.47. The Kier molecular flexibility index (Phi) is 4.30. The van der Waals surface area contributed by atoms with Gasteiger partial charge in [-0.3, -0.25) is 15.1 Å². The second kappa shape index (κ2) is 6.34. The van der Waals surface area contributed by atoms with E-state index >= 15 is 0 Å². The number of fused-ring (bicyclic) bond motifs is 1. The molecule has 0 fully saturated rings. The number of nitro benzene ring substituents is 1. The number of aromatic nitrogens is 3. The molecule has 11 nitrogen and oxygen atoms in total. The number of carbonyl (C=O) groups is 1. The smallest absolute Gasteiger partial charge is 0.362 e. The van der Waals surface area contributed by atoms with E-state index in [1.807, 2.05) is 0 Å². The third-order valence-electron chi connectivity index (χ3n) is 4.16. The fraction of sp³-hybridized carbons (Fsp3) is 0.375. The van der Waals surface area contributed by atoms with Crippen LogP contribution in [0.1, 0.15) is 26.3 Å². The molecule has 0 spiro atoms. The molecule has 0 aliphatic carbocycles. The van der Waals surface area contributed by atoms with Crippen molar-refractivity contribution in [2.24, 2.45) is 10.9 Å². The maximum absolute atomic E-state index is 12.9. The van der Waals surface area contributed by atoms with Gasteiger partial charge in [0.05, 0.1) is 11.5 Å². The molecular formula is C16H17N5O6. The van der Waals surface area contributed by atoms with Crippen molar-refractivity contribution in [3.63, 3.8) is 0 Å². The monoisotopic (exact) mass is 375 g/mol. The summed E-state index contributed by atoms with van der Waals surface area (Å²) in [6.45, 7) is 5.12. The van der Waals surface area contributed by atoms with E-state index in [0.717, 1.165) is 9.36 Å². The molecule has 1 aromatic heterocycles. The van der Waals surface area contributed by atoms with Gasteiger partial charge < -0.3 is 4.74 Å². The number of nitro groups is 1. The van der Waals surface area contributed by atoms with Crippen LogP contribution < -0.4 is 11.4 Å². The van der Waals surface area contributed by atoms with Crippen LogP contribution in [-0.4, -0.2) is 37.7 Å². The average Bonchev–Trinajstić information content (AvgIpc) is 3.13. The van der Waals surface area contributed by atoms with Gasteiger partial charge in [0.25, 0.3) is 11.4 Å². The summed E-state index contributed by atoms with van der Waals surface area (Å²) in [6.07, 6.45) is 0. The van der Waals surface area contributed by atoms with E-state index in [2.05, 4.69) is 9.98 Å². The molecule has 3 rings (SSSR count). The number of non-ortho nitro benzene ring substituents is 1. The van der Waals surface area contributed by atoms with E-state index < -0.39 is 27.9 Å². The fourth-order valence-electron chi connectivity index (χ4n) is 3.00. The number of esters is 1. The Morgan fingerprint density at radius 2 is 1.93 bits per heavy atom. The Morgan fingerprint density at radius 1 is 1.30 bits per heavy atom. The molecule has 1 atom stereocenters. The maximum atomic E-state index is 12.9. The molecule has 0 bridgehead atoms. The zero-order valence-corrected chi connectivity index (χ0v) is 14.8. The van der Waals surface area contributed by atoms with E-state index in [9.17, 15) is 24.5 Å². The molecule has 142 valence electrons. The summed E-state index contributed by atoms with van der Waals surface area (Å²) in [5.41, 5.74) is -3.59. The minimum absolute atomic E-state index is 0.0174. The van der Waals surface area contributed by atoms with Gasteiger partial charge >= 0.3 is 17.3 Å². The number of rotatable bonds is 5. The Balaban J connectivity index is 2.36. The number of ether oxygens (including phenoxy) is 1. The van der Waals surface area contributed by atoms with E-state index in [0.29, 0.717) is 0 Å². The third-order valence-corrected chi connectivity index (χ3v) is 4.16. The van der Waals surface area contributed by atoms with Crippen molar-refractivity contribution in [3.05, 3.63) is 60.9 Å². The van der Waals surface area contributed by atoms with Gasteiger partial charge in [-0.1, -0.05) is 13.8 Å². The fourth-order valence-corrected chi connectivity index (χ4v) is 3.00. The van der Waals surface area contributed by atoms with Crippen molar-refractivity contribution in [3.8, 4) is 0 Å². The van der Waals surface area contributed by atoms with Crippen LogP contribution >= 0.6 is 0 Å². The maximum Gasteiger partial charge on any atom is 0.362 e. The Labute approximate surface area is 152 Å². The predicted octanol–water partition coefficient (Wildman–Crippen LogP) is 0.427. The lowest BCUT2D eigenvalue weighted by Gasteiger charge is -2.24.